The van der Waals surface area contributed by atoms with Crippen LogP contribution >= 0.6 is 0 Å². The van der Waals surface area contributed by atoms with Crippen molar-refractivity contribution in [3.63, 3.8) is 0 Å². The zero-order valence-electron chi connectivity index (χ0n) is 11.1. The molecule has 0 aliphatic carbocycles. The second-order valence-corrected chi connectivity index (χ2v) is 4.66. The lowest BCUT2D eigenvalue weighted by Crippen LogP contribution is -2.25. The lowest BCUT2D eigenvalue weighted by atomic mass is 9.83. The van der Waals surface area contributed by atoms with Crippen molar-refractivity contribution < 1.29 is 0 Å². The van der Waals surface area contributed by atoms with Crippen LogP contribution in [0.1, 0.15) is 44.2 Å². The van der Waals surface area contributed by atoms with Gasteiger partial charge in [-0.25, -0.2) is 0 Å². The fourth-order valence-electron chi connectivity index (χ4n) is 2.20. The van der Waals surface area contributed by atoms with Crippen LogP contribution in [0.15, 0.2) is 24.3 Å². The van der Waals surface area contributed by atoms with E-state index in [0.717, 1.165) is 19.0 Å². The summed E-state index contributed by atoms with van der Waals surface area (Å²) in [5, 5.41) is 3.49. The molecule has 0 aliphatic heterocycles. The van der Waals surface area contributed by atoms with Gasteiger partial charge in [-0.15, -0.1) is 0 Å². The van der Waals surface area contributed by atoms with Crippen LogP contribution in [0.5, 0.6) is 0 Å². The maximum absolute atomic E-state index is 3.49. The van der Waals surface area contributed by atoms with Crippen LogP contribution in [0.25, 0.3) is 0 Å². The smallest absolute Gasteiger partial charge is 0.00227 e. The molecule has 0 fully saturated rings. The van der Waals surface area contributed by atoms with Crippen molar-refractivity contribution in [1.82, 2.24) is 5.32 Å². The predicted octanol–water partition coefficient (Wildman–Crippen LogP) is 3.73. The third-order valence-electron chi connectivity index (χ3n) is 3.53. The summed E-state index contributed by atoms with van der Waals surface area (Å²) >= 11 is 0. The first-order valence-electron chi connectivity index (χ1n) is 6.46. The van der Waals surface area contributed by atoms with E-state index in [9.17, 15) is 0 Å². The fourth-order valence-corrected chi connectivity index (χ4v) is 2.20. The Bertz CT molecular complexity index is 306. The van der Waals surface area contributed by atoms with Gasteiger partial charge < -0.3 is 5.32 Å². The average Bonchev–Trinajstić information content (AvgIpc) is 2.31. The SMILES string of the molecule is CCNCC(c1ccccc1C)C(C)CC. The fraction of sp³-hybridized carbons (Fsp3) is 0.600. The first-order valence-corrected chi connectivity index (χ1v) is 6.46. The van der Waals surface area contributed by atoms with Gasteiger partial charge in [-0.05, 0) is 36.4 Å². The molecule has 0 aliphatic rings. The molecule has 2 unspecified atom stereocenters. The quantitative estimate of drug-likeness (QED) is 0.768. The standard InChI is InChI=1S/C15H25N/c1-5-12(3)15(11-16-6-2)14-10-8-7-9-13(14)4/h7-10,12,15-16H,5-6,11H2,1-4H3. The summed E-state index contributed by atoms with van der Waals surface area (Å²) in [7, 11) is 0. The molecule has 0 bridgehead atoms. The van der Waals surface area contributed by atoms with Gasteiger partial charge in [0, 0.05) is 6.54 Å². The van der Waals surface area contributed by atoms with Gasteiger partial charge >= 0.3 is 0 Å². The molecule has 1 aromatic carbocycles. The number of nitrogens with one attached hydrogen (secondary N) is 1. The summed E-state index contributed by atoms with van der Waals surface area (Å²) in [6.45, 7) is 11.2. The summed E-state index contributed by atoms with van der Waals surface area (Å²) in [6, 6.07) is 8.78. The molecule has 16 heavy (non-hydrogen) atoms. The lowest BCUT2D eigenvalue weighted by Gasteiger charge is -2.25. The van der Waals surface area contributed by atoms with Crippen LogP contribution in [0.2, 0.25) is 0 Å². The van der Waals surface area contributed by atoms with Gasteiger partial charge in [-0.2, -0.15) is 0 Å². The topological polar surface area (TPSA) is 12.0 Å². The minimum absolute atomic E-state index is 0.645. The van der Waals surface area contributed by atoms with Crippen molar-refractivity contribution in [2.24, 2.45) is 5.92 Å². The highest BCUT2D eigenvalue weighted by molar-refractivity contribution is 5.29. The molecule has 1 N–H and O–H groups in total. The van der Waals surface area contributed by atoms with E-state index in [-0.39, 0.29) is 0 Å². The number of hydrogen-bond donors (Lipinski definition) is 1. The monoisotopic (exact) mass is 219 g/mol. The summed E-state index contributed by atoms with van der Waals surface area (Å²) in [5.41, 5.74) is 2.93. The Morgan fingerprint density at radius 3 is 2.44 bits per heavy atom. The van der Waals surface area contributed by atoms with Crippen molar-refractivity contribution in [3.05, 3.63) is 35.4 Å². The van der Waals surface area contributed by atoms with E-state index in [0.29, 0.717) is 5.92 Å². The maximum atomic E-state index is 3.49. The van der Waals surface area contributed by atoms with Gasteiger partial charge in [-0.3, -0.25) is 0 Å². The van der Waals surface area contributed by atoms with Gasteiger partial charge in [-0.1, -0.05) is 51.5 Å². The molecule has 1 heteroatoms. The third-order valence-corrected chi connectivity index (χ3v) is 3.53. The molecule has 90 valence electrons. The van der Waals surface area contributed by atoms with Gasteiger partial charge in [0.25, 0.3) is 0 Å². The summed E-state index contributed by atoms with van der Waals surface area (Å²) in [4.78, 5) is 0. The maximum Gasteiger partial charge on any atom is 0.00227 e. The largest absolute Gasteiger partial charge is 0.316 e. The molecule has 1 rings (SSSR count). The highest BCUT2D eigenvalue weighted by atomic mass is 14.8. The van der Waals surface area contributed by atoms with Crippen LogP contribution < -0.4 is 5.32 Å². The Labute approximate surface area is 100 Å². The lowest BCUT2D eigenvalue weighted by molar-refractivity contribution is 0.423. The molecule has 0 spiro atoms. The Hall–Kier alpha value is -0.820. The number of aryl methyl sites for hydroxylation is 1. The van der Waals surface area contributed by atoms with E-state index >= 15 is 0 Å². The van der Waals surface area contributed by atoms with Crippen molar-refractivity contribution in [2.45, 2.75) is 40.0 Å². The van der Waals surface area contributed by atoms with E-state index in [4.69, 9.17) is 0 Å². The van der Waals surface area contributed by atoms with Crippen LogP contribution in [-0.4, -0.2) is 13.1 Å². The van der Waals surface area contributed by atoms with Crippen LogP contribution in [0.3, 0.4) is 0 Å². The van der Waals surface area contributed by atoms with Crippen LogP contribution in [0, 0.1) is 12.8 Å². The first kappa shape index (κ1) is 13.2. The average molecular weight is 219 g/mol. The summed E-state index contributed by atoms with van der Waals surface area (Å²) in [6.07, 6.45) is 1.24. The van der Waals surface area contributed by atoms with Gasteiger partial charge in [0.2, 0.25) is 0 Å². The Kier molecular flexibility index (Phi) is 5.54. The van der Waals surface area contributed by atoms with Crippen molar-refractivity contribution in [3.8, 4) is 0 Å². The first-order chi connectivity index (χ1) is 7.70. The predicted molar refractivity (Wildman–Crippen MR) is 71.9 cm³/mol. The van der Waals surface area contributed by atoms with Crippen molar-refractivity contribution in [2.75, 3.05) is 13.1 Å². The van der Waals surface area contributed by atoms with Gasteiger partial charge in [0.1, 0.15) is 0 Å². The van der Waals surface area contributed by atoms with Crippen molar-refractivity contribution >= 4 is 0 Å². The zero-order valence-corrected chi connectivity index (χ0v) is 11.1. The van der Waals surface area contributed by atoms with E-state index in [1.807, 2.05) is 0 Å². The highest BCUT2D eigenvalue weighted by Crippen LogP contribution is 2.28. The van der Waals surface area contributed by atoms with Gasteiger partial charge in [0.15, 0.2) is 0 Å². The van der Waals surface area contributed by atoms with E-state index in [2.05, 4.69) is 57.3 Å². The second kappa shape index (κ2) is 6.70. The third kappa shape index (κ3) is 3.34. The molecule has 0 heterocycles. The molecule has 0 radical (unpaired) electrons. The Balaban J connectivity index is 2.87. The van der Waals surface area contributed by atoms with E-state index < -0.39 is 0 Å². The number of likely N-dealkylation sites (N-methyl/N-ethyl adjacent to an activating group) is 1. The summed E-state index contributed by atoms with van der Waals surface area (Å²) in [5.74, 6) is 1.38. The zero-order chi connectivity index (χ0) is 12.0. The van der Waals surface area contributed by atoms with Crippen LogP contribution in [-0.2, 0) is 0 Å². The second-order valence-electron chi connectivity index (χ2n) is 4.66. The molecule has 0 aromatic heterocycles. The number of rotatable bonds is 6. The molecule has 0 saturated heterocycles. The summed E-state index contributed by atoms with van der Waals surface area (Å²) < 4.78 is 0. The number of hydrogen-bond acceptors (Lipinski definition) is 1. The molecular weight excluding hydrogens is 194 g/mol. The van der Waals surface area contributed by atoms with Gasteiger partial charge in [0.05, 0.1) is 0 Å². The molecular formula is C15H25N. The van der Waals surface area contributed by atoms with E-state index in [1.165, 1.54) is 17.5 Å². The van der Waals surface area contributed by atoms with Crippen LogP contribution in [0.4, 0.5) is 0 Å². The number of benzene rings is 1. The molecule has 0 saturated carbocycles. The molecule has 0 amide bonds. The highest BCUT2D eigenvalue weighted by Gasteiger charge is 2.18. The Morgan fingerprint density at radius 1 is 1.19 bits per heavy atom. The Morgan fingerprint density at radius 2 is 1.88 bits per heavy atom. The van der Waals surface area contributed by atoms with Crippen molar-refractivity contribution in [1.29, 1.82) is 0 Å². The molecule has 1 aromatic rings. The van der Waals surface area contributed by atoms with E-state index in [1.54, 1.807) is 0 Å². The normalized spacial score (nSPS) is 14.8. The molecule has 2 atom stereocenters. The minimum atomic E-state index is 0.645. The minimum Gasteiger partial charge on any atom is -0.316 e. The molecule has 1 nitrogen and oxygen atoms in total.